The number of rotatable bonds is 9. The monoisotopic (exact) mass is 398 g/mol. The highest BCUT2D eigenvalue weighted by Crippen LogP contribution is 2.28. The number of carbonyl (C=O) groups excluding carboxylic acids is 1. The summed E-state index contributed by atoms with van der Waals surface area (Å²) in [4.78, 5) is 16.4. The highest BCUT2D eigenvalue weighted by atomic mass is 16.7. The summed E-state index contributed by atoms with van der Waals surface area (Å²) in [7, 11) is 5.14. The molecular weight excluding hydrogens is 368 g/mol. The minimum absolute atomic E-state index is 0.182. The fourth-order valence-electron chi connectivity index (χ4n) is 3.76. The van der Waals surface area contributed by atoms with E-state index in [4.69, 9.17) is 14.2 Å². The van der Waals surface area contributed by atoms with E-state index in [9.17, 15) is 4.79 Å². The predicted octanol–water partition coefficient (Wildman–Crippen LogP) is 3.35. The Kier molecular flexibility index (Phi) is 7.63. The number of likely N-dealkylation sites (tertiary alicyclic amines) is 1. The van der Waals surface area contributed by atoms with Crippen LogP contribution in [0.1, 0.15) is 28.4 Å². The van der Waals surface area contributed by atoms with Crippen LogP contribution in [-0.4, -0.2) is 64.7 Å². The SMILES string of the molecule is COCO[C@H]1CCN(C[C@@H](c2ccccc2)N(C)c2ccc(C(=O)OC)cc2)C1. The molecule has 1 saturated heterocycles. The van der Waals surface area contributed by atoms with Crippen LogP contribution < -0.4 is 4.90 Å². The second-order valence-corrected chi connectivity index (χ2v) is 7.32. The van der Waals surface area contributed by atoms with Gasteiger partial charge in [0.1, 0.15) is 6.79 Å². The Balaban J connectivity index is 1.74. The summed E-state index contributed by atoms with van der Waals surface area (Å²) in [6.07, 6.45) is 1.23. The third kappa shape index (κ3) is 5.56. The van der Waals surface area contributed by atoms with Crippen molar-refractivity contribution in [1.29, 1.82) is 0 Å². The van der Waals surface area contributed by atoms with Gasteiger partial charge in [-0.15, -0.1) is 0 Å². The van der Waals surface area contributed by atoms with Gasteiger partial charge in [0, 0.05) is 39.5 Å². The first-order chi connectivity index (χ1) is 14.1. The van der Waals surface area contributed by atoms with Gasteiger partial charge in [-0.25, -0.2) is 4.79 Å². The van der Waals surface area contributed by atoms with Crippen LogP contribution in [0.15, 0.2) is 54.6 Å². The van der Waals surface area contributed by atoms with Gasteiger partial charge in [0.15, 0.2) is 0 Å². The van der Waals surface area contributed by atoms with Crippen LogP contribution in [0.4, 0.5) is 5.69 Å². The average molecular weight is 399 g/mol. The molecule has 0 spiro atoms. The lowest BCUT2D eigenvalue weighted by Crippen LogP contribution is -2.36. The zero-order valence-corrected chi connectivity index (χ0v) is 17.4. The smallest absolute Gasteiger partial charge is 0.337 e. The van der Waals surface area contributed by atoms with E-state index >= 15 is 0 Å². The van der Waals surface area contributed by atoms with Crippen molar-refractivity contribution in [3.63, 3.8) is 0 Å². The summed E-state index contributed by atoms with van der Waals surface area (Å²) in [5.41, 5.74) is 2.87. The van der Waals surface area contributed by atoms with Crippen molar-refractivity contribution < 1.29 is 19.0 Å². The van der Waals surface area contributed by atoms with Crippen molar-refractivity contribution in [3.8, 4) is 0 Å². The maximum atomic E-state index is 11.7. The van der Waals surface area contributed by atoms with Crippen molar-refractivity contribution in [2.75, 3.05) is 52.6 Å². The normalized spacial score (nSPS) is 17.8. The number of benzene rings is 2. The van der Waals surface area contributed by atoms with Crippen molar-refractivity contribution in [2.24, 2.45) is 0 Å². The molecule has 0 aromatic heterocycles. The fourth-order valence-corrected chi connectivity index (χ4v) is 3.76. The maximum absolute atomic E-state index is 11.7. The maximum Gasteiger partial charge on any atom is 0.337 e. The van der Waals surface area contributed by atoms with Crippen LogP contribution in [0.25, 0.3) is 0 Å². The Morgan fingerprint density at radius 3 is 2.52 bits per heavy atom. The van der Waals surface area contributed by atoms with Gasteiger partial charge < -0.3 is 19.1 Å². The summed E-state index contributed by atoms with van der Waals surface area (Å²) in [5, 5.41) is 0. The van der Waals surface area contributed by atoms with Crippen LogP contribution in [-0.2, 0) is 14.2 Å². The van der Waals surface area contributed by atoms with E-state index < -0.39 is 0 Å². The molecule has 0 aliphatic carbocycles. The van der Waals surface area contributed by atoms with E-state index in [-0.39, 0.29) is 18.1 Å². The van der Waals surface area contributed by atoms with Gasteiger partial charge in [-0.05, 0) is 36.2 Å². The molecule has 1 fully saturated rings. The summed E-state index contributed by atoms with van der Waals surface area (Å²) < 4.78 is 15.6. The number of methoxy groups -OCH3 is 2. The first-order valence-corrected chi connectivity index (χ1v) is 9.91. The number of hydrogen-bond donors (Lipinski definition) is 0. The average Bonchev–Trinajstić information content (AvgIpc) is 3.23. The van der Waals surface area contributed by atoms with E-state index in [2.05, 4.69) is 41.1 Å². The third-order valence-corrected chi connectivity index (χ3v) is 5.43. The largest absolute Gasteiger partial charge is 0.465 e. The van der Waals surface area contributed by atoms with Crippen molar-refractivity contribution in [3.05, 3.63) is 65.7 Å². The van der Waals surface area contributed by atoms with Crippen LogP contribution in [0.3, 0.4) is 0 Å². The second kappa shape index (κ2) is 10.4. The standard InChI is InChI=1S/C23H30N2O4/c1-24(20-11-9-19(10-12-20)23(26)28-3)22(18-7-5-4-6-8-18)16-25-14-13-21(15-25)29-17-27-2/h4-12,21-22H,13-17H2,1-3H3/t21-,22-/m0/s1. The summed E-state index contributed by atoms with van der Waals surface area (Å²) in [6.45, 7) is 3.15. The van der Waals surface area contributed by atoms with Crippen LogP contribution in [0, 0.1) is 0 Å². The molecule has 156 valence electrons. The third-order valence-electron chi connectivity index (χ3n) is 5.43. The highest BCUT2D eigenvalue weighted by molar-refractivity contribution is 5.89. The summed E-state index contributed by atoms with van der Waals surface area (Å²) in [5.74, 6) is -0.321. The molecule has 0 N–H and O–H groups in total. The number of anilines is 1. The van der Waals surface area contributed by atoms with Gasteiger partial charge in [-0.2, -0.15) is 0 Å². The van der Waals surface area contributed by atoms with Crippen LogP contribution >= 0.6 is 0 Å². The van der Waals surface area contributed by atoms with E-state index in [1.165, 1.54) is 12.7 Å². The Hall–Kier alpha value is -2.41. The van der Waals surface area contributed by atoms with E-state index in [0.717, 1.165) is 31.7 Å². The van der Waals surface area contributed by atoms with Gasteiger partial charge in [0.25, 0.3) is 0 Å². The zero-order valence-electron chi connectivity index (χ0n) is 17.4. The molecule has 0 amide bonds. The summed E-state index contributed by atoms with van der Waals surface area (Å²) in [6, 6.07) is 18.3. The first-order valence-electron chi connectivity index (χ1n) is 9.91. The fraction of sp³-hybridized carbons (Fsp3) is 0.435. The highest BCUT2D eigenvalue weighted by Gasteiger charge is 2.27. The molecule has 0 saturated carbocycles. The van der Waals surface area contributed by atoms with Crippen molar-refractivity contribution in [2.45, 2.75) is 18.6 Å². The van der Waals surface area contributed by atoms with Gasteiger partial charge in [0.2, 0.25) is 0 Å². The Labute approximate surface area is 173 Å². The molecule has 6 nitrogen and oxygen atoms in total. The Bertz CT molecular complexity index is 766. The van der Waals surface area contributed by atoms with Crippen LogP contribution in [0.5, 0.6) is 0 Å². The number of hydrogen-bond acceptors (Lipinski definition) is 6. The number of likely N-dealkylation sites (N-methyl/N-ethyl adjacent to an activating group) is 1. The van der Waals surface area contributed by atoms with Gasteiger partial charge in [-0.3, -0.25) is 4.90 Å². The minimum atomic E-state index is -0.321. The number of carbonyl (C=O) groups is 1. The number of ether oxygens (including phenoxy) is 3. The quantitative estimate of drug-likeness (QED) is 0.477. The van der Waals surface area contributed by atoms with Crippen molar-refractivity contribution >= 4 is 11.7 Å². The van der Waals surface area contributed by atoms with E-state index in [1.54, 1.807) is 7.11 Å². The molecule has 0 bridgehead atoms. The Morgan fingerprint density at radius 2 is 1.86 bits per heavy atom. The zero-order chi connectivity index (χ0) is 20.6. The lowest BCUT2D eigenvalue weighted by Gasteiger charge is -2.33. The minimum Gasteiger partial charge on any atom is -0.465 e. The molecule has 0 unspecified atom stereocenters. The van der Waals surface area contributed by atoms with E-state index in [1.807, 2.05) is 30.3 Å². The molecule has 2 aromatic carbocycles. The number of esters is 1. The molecule has 6 heteroatoms. The molecule has 2 atom stereocenters. The van der Waals surface area contributed by atoms with Gasteiger partial charge in [0.05, 0.1) is 24.8 Å². The number of nitrogens with zero attached hydrogens (tertiary/aromatic N) is 2. The van der Waals surface area contributed by atoms with Gasteiger partial charge in [-0.1, -0.05) is 30.3 Å². The molecule has 1 heterocycles. The summed E-state index contributed by atoms with van der Waals surface area (Å²) >= 11 is 0. The lowest BCUT2D eigenvalue weighted by molar-refractivity contribution is -0.0671. The van der Waals surface area contributed by atoms with Crippen LogP contribution in [0.2, 0.25) is 0 Å². The lowest BCUT2D eigenvalue weighted by atomic mass is 10.0. The molecule has 29 heavy (non-hydrogen) atoms. The first kappa shape index (κ1) is 21.3. The topological polar surface area (TPSA) is 51.2 Å². The predicted molar refractivity (Wildman–Crippen MR) is 113 cm³/mol. The molecule has 2 aromatic rings. The molecule has 3 rings (SSSR count). The van der Waals surface area contributed by atoms with E-state index in [0.29, 0.717) is 12.4 Å². The molecular formula is C23H30N2O4. The Morgan fingerprint density at radius 1 is 1.14 bits per heavy atom. The van der Waals surface area contributed by atoms with Gasteiger partial charge >= 0.3 is 5.97 Å². The van der Waals surface area contributed by atoms with Crippen molar-refractivity contribution in [1.82, 2.24) is 4.90 Å². The molecule has 1 aliphatic heterocycles. The second-order valence-electron chi connectivity index (χ2n) is 7.32. The molecule has 0 radical (unpaired) electrons. The molecule has 1 aliphatic rings.